The molecule has 0 aliphatic heterocycles. The molecule has 0 amide bonds. The lowest BCUT2D eigenvalue weighted by Gasteiger charge is -2.07. The summed E-state index contributed by atoms with van der Waals surface area (Å²) in [6.45, 7) is 1.20. The minimum absolute atomic E-state index is 0.187. The van der Waals surface area contributed by atoms with Crippen LogP contribution in [0.4, 0.5) is 11.4 Å². The number of aromatic carboxylic acids is 1. The summed E-state index contributed by atoms with van der Waals surface area (Å²) >= 11 is 0. The van der Waals surface area contributed by atoms with E-state index in [9.17, 15) is 29.8 Å². The van der Waals surface area contributed by atoms with Crippen molar-refractivity contribution in [2.75, 3.05) is 0 Å². The fourth-order valence-electron chi connectivity index (χ4n) is 2.22. The Labute approximate surface area is 134 Å². The fourth-order valence-corrected chi connectivity index (χ4v) is 2.22. The number of nitro benzene ring substituents is 2. The number of carbonyl (C=O) groups excluding carboxylic acids is 1. The number of rotatable bonds is 5. The molecule has 0 unspecified atom stereocenters. The number of hydrogen-bond donors (Lipinski definition) is 1. The molecule has 122 valence electrons. The lowest BCUT2D eigenvalue weighted by atomic mass is 9.96. The van der Waals surface area contributed by atoms with Crippen molar-refractivity contribution in [3.63, 3.8) is 0 Å². The van der Waals surface area contributed by atoms with Crippen molar-refractivity contribution in [1.29, 1.82) is 0 Å². The summed E-state index contributed by atoms with van der Waals surface area (Å²) in [5.74, 6) is -2.20. The minimum Gasteiger partial charge on any atom is -0.478 e. The monoisotopic (exact) mass is 330 g/mol. The van der Waals surface area contributed by atoms with Crippen LogP contribution in [0.25, 0.3) is 0 Å². The molecule has 9 heteroatoms. The summed E-state index contributed by atoms with van der Waals surface area (Å²) < 4.78 is 0. The van der Waals surface area contributed by atoms with E-state index in [1.165, 1.54) is 31.2 Å². The van der Waals surface area contributed by atoms with E-state index in [2.05, 4.69) is 0 Å². The topological polar surface area (TPSA) is 141 Å². The van der Waals surface area contributed by atoms with Gasteiger partial charge in [0.15, 0.2) is 5.78 Å². The van der Waals surface area contributed by atoms with Crippen LogP contribution in [-0.2, 0) is 0 Å². The standard InChI is InChI=1S/C15H10N2O7/c1-8-12(16(21)22)6-9(7-13(8)17(23)24)14(18)10-4-2-3-5-11(10)15(19)20/h2-7H,1H3,(H,19,20). The molecule has 0 bridgehead atoms. The summed E-state index contributed by atoms with van der Waals surface area (Å²) in [4.78, 5) is 44.2. The van der Waals surface area contributed by atoms with Crippen molar-refractivity contribution in [3.05, 3.63) is 78.9 Å². The number of ketones is 1. The lowest BCUT2D eigenvalue weighted by molar-refractivity contribution is -0.395. The summed E-state index contributed by atoms with van der Waals surface area (Å²) in [6, 6.07) is 7.10. The second kappa shape index (κ2) is 6.24. The zero-order chi connectivity index (χ0) is 18.0. The van der Waals surface area contributed by atoms with Gasteiger partial charge in [-0.05, 0) is 13.0 Å². The molecule has 0 aliphatic carbocycles. The Bertz CT molecular complexity index is 854. The second-order valence-electron chi connectivity index (χ2n) is 4.83. The highest BCUT2D eigenvalue weighted by Crippen LogP contribution is 2.30. The highest BCUT2D eigenvalue weighted by atomic mass is 16.6. The van der Waals surface area contributed by atoms with Crippen molar-refractivity contribution in [2.45, 2.75) is 6.92 Å². The molecule has 2 aromatic rings. The summed E-state index contributed by atoms with van der Waals surface area (Å²) in [6.07, 6.45) is 0. The third-order valence-electron chi connectivity index (χ3n) is 3.41. The Morgan fingerprint density at radius 2 is 1.42 bits per heavy atom. The van der Waals surface area contributed by atoms with Crippen LogP contribution in [-0.4, -0.2) is 26.7 Å². The summed E-state index contributed by atoms with van der Waals surface area (Å²) in [5, 5.41) is 31.2. The van der Waals surface area contributed by atoms with Gasteiger partial charge in [-0.25, -0.2) is 4.79 Å². The number of carboxylic acid groups (broad SMARTS) is 1. The van der Waals surface area contributed by atoms with Gasteiger partial charge in [-0.15, -0.1) is 0 Å². The van der Waals surface area contributed by atoms with Gasteiger partial charge in [0.1, 0.15) is 5.56 Å². The molecule has 0 aromatic heterocycles. The number of benzene rings is 2. The Morgan fingerprint density at radius 1 is 0.958 bits per heavy atom. The maximum Gasteiger partial charge on any atom is 0.336 e. The predicted octanol–water partition coefficient (Wildman–Crippen LogP) is 2.74. The molecule has 0 atom stereocenters. The molecular formula is C15H10N2O7. The van der Waals surface area contributed by atoms with E-state index in [-0.39, 0.29) is 22.3 Å². The predicted molar refractivity (Wildman–Crippen MR) is 81.3 cm³/mol. The van der Waals surface area contributed by atoms with Gasteiger partial charge in [0.05, 0.1) is 15.4 Å². The molecule has 0 heterocycles. The van der Waals surface area contributed by atoms with Gasteiger partial charge in [0.25, 0.3) is 11.4 Å². The summed E-state index contributed by atoms with van der Waals surface area (Å²) in [7, 11) is 0. The summed E-state index contributed by atoms with van der Waals surface area (Å²) in [5.41, 5.74) is -2.19. The van der Waals surface area contributed by atoms with Crippen molar-refractivity contribution >= 4 is 23.1 Å². The van der Waals surface area contributed by atoms with Crippen molar-refractivity contribution in [2.24, 2.45) is 0 Å². The van der Waals surface area contributed by atoms with E-state index in [1.807, 2.05) is 0 Å². The van der Waals surface area contributed by atoms with Crippen LogP contribution in [0.2, 0.25) is 0 Å². The molecule has 0 saturated heterocycles. The first kappa shape index (κ1) is 16.7. The van der Waals surface area contributed by atoms with E-state index in [0.717, 1.165) is 12.1 Å². The maximum absolute atomic E-state index is 12.5. The zero-order valence-corrected chi connectivity index (χ0v) is 12.3. The molecule has 1 N–H and O–H groups in total. The van der Waals surface area contributed by atoms with Gasteiger partial charge in [-0.2, -0.15) is 0 Å². The molecule has 0 spiro atoms. The van der Waals surface area contributed by atoms with Crippen LogP contribution in [0.5, 0.6) is 0 Å². The molecule has 2 rings (SSSR count). The van der Waals surface area contributed by atoms with Crippen LogP contribution in [0.3, 0.4) is 0 Å². The van der Waals surface area contributed by atoms with Crippen molar-refractivity contribution in [3.8, 4) is 0 Å². The first-order valence-corrected chi connectivity index (χ1v) is 6.54. The van der Waals surface area contributed by atoms with Crippen LogP contribution in [0.1, 0.15) is 31.8 Å². The Balaban J connectivity index is 2.69. The number of carbonyl (C=O) groups is 2. The van der Waals surface area contributed by atoms with E-state index in [0.29, 0.717) is 0 Å². The fraction of sp³-hybridized carbons (Fsp3) is 0.0667. The van der Waals surface area contributed by atoms with Gasteiger partial charge in [-0.3, -0.25) is 25.0 Å². The van der Waals surface area contributed by atoms with Crippen molar-refractivity contribution in [1.82, 2.24) is 0 Å². The number of nitro groups is 2. The first-order chi connectivity index (χ1) is 11.2. The molecule has 24 heavy (non-hydrogen) atoms. The maximum atomic E-state index is 12.5. The number of hydrogen-bond acceptors (Lipinski definition) is 6. The lowest BCUT2D eigenvalue weighted by Crippen LogP contribution is -2.11. The SMILES string of the molecule is Cc1c([N+](=O)[O-])cc(C(=O)c2ccccc2C(=O)O)cc1[N+](=O)[O-]. The number of carboxylic acids is 1. The van der Waals surface area contributed by atoms with Gasteiger partial charge in [0.2, 0.25) is 0 Å². The van der Waals surface area contributed by atoms with Gasteiger partial charge in [0, 0.05) is 23.3 Å². The Kier molecular flexibility index (Phi) is 4.36. The largest absolute Gasteiger partial charge is 0.478 e. The van der Waals surface area contributed by atoms with Gasteiger partial charge in [-0.1, -0.05) is 18.2 Å². The first-order valence-electron chi connectivity index (χ1n) is 6.54. The normalized spacial score (nSPS) is 10.2. The van der Waals surface area contributed by atoms with Crippen molar-refractivity contribution < 1.29 is 24.5 Å². The van der Waals surface area contributed by atoms with Crippen LogP contribution >= 0.6 is 0 Å². The second-order valence-corrected chi connectivity index (χ2v) is 4.83. The molecule has 0 aliphatic rings. The van der Waals surface area contributed by atoms with Gasteiger partial charge >= 0.3 is 5.97 Å². The highest BCUT2D eigenvalue weighted by molar-refractivity contribution is 6.14. The molecule has 0 radical (unpaired) electrons. The smallest absolute Gasteiger partial charge is 0.336 e. The number of nitrogens with zero attached hydrogens (tertiary/aromatic N) is 2. The molecule has 9 nitrogen and oxygen atoms in total. The van der Waals surface area contributed by atoms with Gasteiger partial charge < -0.3 is 5.11 Å². The third-order valence-corrected chi connectivity index (χ3v) is 3.41. The molecule has 0 fully saturated rings. The quantitative estimate of drug-likeness (QED) is 0.504. The van der Waals surface area contributed by atoms with E-state index < -0.39 is 33.0 Å². The third kappa shape index (κ3) is 2.95. The Hall–Kier alpha value is -3.62. The average molecular weight is 330 g/mol. The van der Waals surface area contributed by atoms with E-state index >= 15 is 0 Å². The van der Waals surface area contributed by atoms with E-state index in [1.54, 1.807) is 0 Å². The Morgan fingerprint density at radius 3 is 1.83 bits per heavy atom. The molecule has 0 saturated carbocycles. The van der Waals surface area contributed by atoms with Crippen LogP contribution in [0, 0.1) is 27.2 Å². The average Bonchev–Trinajstić information content (AvgIpc) is 2.53. The van der Waals surface area contributed by atoms with Crippen LogP contribution < -0.4 is 0 Å². The molecule has 2 aromatic carbocycles. The molecular weight excluding hydrogens is 320 g/mol. The van der Waals surface area contributed by atoms with E-state index in [4.69, 9.17) is 5.11 Å². The zero-order valence-electron chi connectivity index (χ0n) is 12.3. The minimum atomic E-state index is -1.35. The van der Waals surface area contributed by atoms with Crippen LogP contribution in [0.15, 0.2) is 36.4 Å². The highest BCUT2D eigenvalue weighted by Gasteiger charge is 2.27.